The molecule has 3 N–H and O–H groups in total. The summed E-state index contributed by atoms with van der Waals surface area (Å²) in [5.74, 6) is 0. The van der Waals surface area contributed by atoms with E-state index in [1.54, 1.807) is 18.8 Å². The van der Waals surface area contributed by atoms with Crippen LogP contribution < -0.4 is 10.5 Å². The SMILES string of the molecule is CB(O)NCC1(c2ccccc2)CN(C)C(=O)N1. The molecule has 0 spiro atoms. The summed E-state index contributed by atoms with van der Waals surface area (Å²) < 4.78 is 0. The lowest BCUT2D eigenvalue weighted by molar-refractivity contribution is 0.226. The van der Waals surface area contributed by atoms with E-state index in [0.29, 0.717) is 13.1 Å². The maximum absolute atomic E-state index is 11.7. The van der Waals surface area contributed by atoms with Gasteiger partial charge in [-0.25, -0.2) is 4.79 Å². The lowest BCUT2D eigenvalue weighted by Gasteiger charge is -2.29. The molecule has 1 heterocycles. The topological polar surface area (TPSA) is 64.6 Å². The maximum atomic E-state index is 11.7. The first-order valence-corrected chi connectivity index (χ1v) is 6.04. The van der Waals surface area contributed by atoms with E-state index in [2.05, 4.69) is 10.5 Å². The molecule has 2 rings (SSSR count). The Labute approximate surface area is 107 Å². The lowest BCUT2D eigenvalue weighted by Crippen LogP contribution is -2.51. The quantitative estimate of drug-likeness (QED) is 0.667. The lowest BCUT2D eigenvalue weighted by atomic mass is 9.84. The number of likely N-dealkylation sites (N-methyl/N-ethyl adjacent to an activating group) is 1. The van der Waals surface area contributed by atoms with Crippen LogP contribution in [0.5, 0.6) is 0 Å². The molecular formula is C12H18BN3O2. The third kappa shape index (κ3) is 2.49. The van der Waals surface area contributed by atoms with E-state index in [1.807, 2.05) is 30.3 Å². The first kappa shape index (κ1) is 12.9. The number of urea groups is 1. The summed E-state index contributed by atoms with van der Waals surface area (Å²) in [4.78, 5) is 13.4. The number of rotatable bonds is 4. The average Bonchev–Trinajstić information content (AvgIpc) is 2.65. The summed E-state index contributed by atoms with van der Waals surface area (Å²) >= 11 is 0. The van der Waals surface area contributed by atoms with Crippen molar-refractivity contribution in [2.75, 3.05) is 20.1 Å². The second-order valence-electron chi connectivity index (χ2n) is 4.79. The average molecular weight is 247 g/mol. The summed E-state index contributed by atoms with van der Waals surface area (Å²) in [5.41, 5.74) is 0.556. The predicted octanol–water partition coefficient (Wildman–Crippen LogP) is 0.237. The van der Waals surface area contributed by atoms with Crippen molar-refractivity contribution in [3.05, 3.63) is 35.9 Å². The van der Waals surface area contributed by atoms with Gasteiger partial charge in [-0.2, -0.15) is 0 Å². The summed E-state index contributed by atoms with van der Waals surface area (Å²) in [5, 5.41) is 15.4. The van der Waals surface area contributed by atoms with Gasteiger partial charge in [0.2, 0.25) is 0 Å². The maximum Gasteiger partial charge on any atom is 0.373 e. The number of carbonyl (C=O) groups excluding carboxylic acids is 1. The van der Waals surface area contributed by atoms with Crippen LogP contribution in [-0.4, -0.2) is 43.1 Å². The van der Waals surface area contributed by atoms with Crippen molar-refractivity contribution in [1.82, 2.24) is 15.4 Å². The number of nitrogens with zero attached hydrogens (tertiary/aromatic N) is 1. The van der Waals surface area contributed by atoms with Gasteiger partial charge in [0.1, 0.15) is 0 Å². The van der Waals surface area contributed by atoms with E-state index in [0.717, 1.165) is 5.56 Å². The molecule has 18 heavy (non-hydrogen) atoms. The van der Waals surface area contributed by atoms with Gasteiger partial charge in [0.05, 0.1) is 12.1 Å². The minimum atomic E-state index is -0.603. The highest BCUT2D eigenvalue weighted by atomic mass is 16.2. The normalized spacial score (nSPS) is 23.1. The van der Waals surface area contributed by atoms with Crippen molar-refractivity contribution in [2.24, 2.45) is 0 Å². The third-order valence-corrected chi connectivity index (χ3v) is 3.23. The van der Waals surface area contributed by atoms with Crippen molar-refractivity contribution in [1.29, 1.82) is 0 Å². The van der Waals surface area contributed by atoms with E-state index in [9.17, 15) is 9.82 Å². The fourth-order valence-corrected chi connectivity index (χ4v) is 2.26. The minimum absolute atomic E-state index is 0.0914. The van der Waals surface area contributed by atoms with E-state index in [1.165, 1.54) is 0 Å². The molecule has 1 aromatic rings. The number of nitrogens with one attached hydrogen (secondary N) is 2. The van der Waals surface area contributed by atoms with E-state index >= 15 is 0 Å². The fourth-order valence-electron chi connectivity index (χ4n) is 2.26. The monoisotopic (exact) mass is 247 g/mol. The molecule has 5 nitrogen and oxygen atoms in total. The van der Waals surface area contributed by atoms with Crippen LogP contribution in [0.25, 0.3) is 0 Å². The molecule has 0 radical (unpaired) electrons. The predicted molar refractivity (Wildman–Crippen MR) is 71.1 cm³/mol. The molecule has 0 bridgehead atoms. The van der Waals surface area contributed by atoms with Crippen molar-refractivity contribution in [2.45, 2.75) is 12.4 Å². The molecule has 2 amide bonds. The van der Waals surface area contributed by atoms with E-state index in [-0.39, 0.29) is 6.03 Å². The van der Waals surface area contributed by atoms with Crippen LogP contribution in [0, 0.1) is 0 Å². The largest absolute Gasteiger partial charge is 0.437 e. The molecule has 0 saturated carbocycles. The number of benzene rings is 1. The fraction of sp³-hybridized carbons (Fsp3) is 0.417. The zero-order valence-electron chi connectivity index (χ0n) is 10.7. The van der Waals surface area contributed by atoms with Gasteiger partial charge >= 0.3 is 13.1 Å². The number of carbonyl (C=O) groups is 1. The van der Waals surface area contributed by atoms with Gasteiger partial charge in [-0.05, 0) is 12.4 Å². The van der Waals surface area contributed by atoms with Crippen LogP contribution in [0.2, 0.25) is 6.82 Å². The van der Waals surface area contributed by atoms with Crippen molar-refractivity contribution >= 4 is 13.1 Å². The third-order valence-electron chi connectivity index (χ3n) is 3.23. The Morgan fingerprint density at radius 1 is 1.50 bits per heavy atom. The highest BCUT2D eigenvalue weighted by Crippen LogP contribution is 2.26. The molecule has 1 aliphatic heterocycles. The number of hydrogen-bond acceptors (Lipinski definition) is 3. The summed E-state index contributed by atoms with van der Waals surface area (Å²) in [6.07, 6.45) is 0. The summed E-state index contributed by atoms with van der Waals surface area (Å²) in [6, 6.07) is 9.73. The summed E-state index contributed by atoms with van der Waals surface area (Å²) in [6.45, 7) is 2.74. The zero-order chi connectivity index (χ0) is 13.2. The van der Waals surface area contributed by atoms with Crippen LogP contribution in [0.3, 0.4) is 0 Å². The van der Waals surface area contributed by atoms with Crippen LogP contribution in [-0.2, 0) is 5.54 Å². The Morgan fingerprint density at radius 2 is 2.17 bits per heavy atom. The minimum Gasteiger partial charge on any atom is -0.437 e. The second-order valence-corrected chi connectivity index (χ2v) is 4.79. The molecule has 96 valence electrons. The number of hydrogen-bond donors (Lipinski definition) is 3. The molecule has 1 atom stereocenters. The molecule has 1 aromatic carbocycles. The highest BCUT2D eigenvalue weighted by Gasteiger charge is 2.42. The van der Waals surface area contributed by atoms with E-state index < -0.39 is 12.6 Å². The molecule has 1 fully saturated rings. The van der Waals surface area contributed by atoms with Gasteiger partial charge in [0.25, 0.3) is 0 Å². The molecule has 0 aromatic heterocycles. The standard InChI is InChI=1S/C12H18BN3O2/c1-13(18)14-8-12(9-16(2)11(17)15-12)10-6-4-3-5-7-10/h3-7,14,18H,8-9H2,1-2H3,(H,15,17). The number of amides is 2. The Balaban J connectivity index is 2.27. The van der Waals surface area contributed by atoms with Gasteiger partial charge in [0, 0.05) is 13.6 Å². The first-order valence-electron chi connectivity index (χ1n) is 6.04. The Kier molecular flexibility index (Phi) is 3.59. The Bertz CT molecular complexity index is 427. The van der Waals surface area contributed by atoms with E-state index in [4.69, 9.17) is 0 Å². The van der Waals surface area contributed by atoms with Gasteiger partial charge < -0.3 is 20.5 Å². The van der Waals surface area contributed by atoms with Crippen molar-refractivity contribution < 1.29 is 9.82 Å². The van der Waals surface area contributed by atoms with Gasteiger partial charge in [-0.3, -0.25) is 0 Å². The first-order chi connectivity index (χ1) is 8.53. The Hall–Kier alpha value is -1.53. The van der Waals surface area contributed by atoms with Gasteiger partial charge in [-0.15, -0.1) is 0 Å². The Morgan fingerprint density at radius 3 is 2.67 bits per heavy atom. The zero-order valence-corrected chi connectivity index (χ0v) is 10.7. The molecule has 0 aliphatic carbocycles. The van der Waals surface area contributed by atoms with Crippen LogP contribution in [0.1, 0.15) is 5.56 Å². The smallest absolute Gasteiger partial charge is 0.373 e. The van der Waals surface area contributed by atoms with Gasteiger partial charge in [0.15, 0.2) is 0 Å². The van der Waals surface area contributed by atoms with Crippen molar-refractivity contribution in [3.63, 3.8) is 0 Å². The van der Waals surface area contributed by atoms with Gasteiger partial charge in [-0.1, -0.05) is 30.3 Å². The molecule has 1 saturated heterocycles. The second kappa shape index (κ2) is 5.00. The van der Waals surface area contributed by atoms with Crippen LogP contribution in [0.4, 0.5) is 4.79 Å². The molecule has 6 heteroatoms. The van der Waals surface area contributed by atoms with Crippen LogP contribution >= 0.6 is 0 Å². The molecule has 1 unspecified atom stereocenters. The molecular weight excluding hydrogens is 229 g/mol. The van der Waals surface area contributed by atoms with Crippen LogP contribution in [0.15, 0.2) is 30.3 Å². The molecule has 1 aliphatic rings. The van der Waals surface area contributed by atoms with Crippen molar-refractivity contribution in [3.8, 4) is 0 Å². The highest BCUT2D eigenvalue weighted by molar-refractivity contribution is 6.45. The summed E-state index contributed by atoms with van der Waals surface area (Å²) in [7, 11) is 1.16.